The Bertz CT molecular complexity index is 713. The fourth-order valence-electron chi connectivity index (χ4n) is 4.06. The molecule has 1 saturated carbocycles. The number of halogens is 1. The largest absolute Gasteiger partial charge is 0.374 e. The van der Waals surface area contributed by atoms with Crippen LogP contribution in [0.15, 0.2) is 48.5 Å². The molecule has 3 atom stereocenters. The van der Waals surface area contributed by atoms with Gasteiger partial charge in [-0.05, 0) is 48.4 Å². The fourth-order valence-corrected chi connectivity index (χ4v) is 4.24. The average molecular weight is 312 g/mol. The molecule has 112 valence electrons. The third kappa shape index (κ3) is 2.22. The first-order chi connectivity index (χ1) is 10.7. The van der Waals surface area contributed by atoms with E-state index in [0.29, 0.717) is 11.8 Å². The van der Waals surface area contributed by atoms with Crippen molar-refractivity contribution in [2.45, 2.75) is 31.2 Å². The van der Waals surface area contributed by atoms with Crippen molar-refractivity contribution in [3.8, 4) is 0 Å². The lowest BCUT2D eigenvalue weighted by Gasteiger charge is -2.36. The van der Waals surface area contributed by atoms with Crippen LogP contribution in [0, 0.1) is 5.92 Å². The van der Waals surface area contributed by atoms with Gasteiger partial charge in [0.15, 0.2) is 5.78 Å². The number of hydrogen-bond acceptors (Lipinski definition) is 2. The van der Waals surface area contributed by atoms with Crippen LogP contribution >= 0.6 is 11.6 Å². The summed E-state index contributed by atoms with van der Waals surface area (Å²) in [6, 6.07) is 15.5. The summed E-state index contributed by atoms with van der Waals surface area (Å²) in [6.07, 6.45) is 3.44. The standard InChI is InChI=1S/C19H18ClNO/c20-13-9-10-17-16(11-13)14-7-4-8-15(14)18(21-17)19(22)12-5-2-1-3-6-12/h1-3,5-6,9-11,14-15,18,21H,4,7-8H2/t14-,15+,18-/m0/s1. The van der Waals surface area contributed by atoms with Gasteiger partial charge in [0.2, 0.25) is 0 Å². The Kier molecular flexibility index (Phi) is 3.42. The molecule has 1 aliphatic heterocycles. The number of anilines is 1. The number of ketones is 1. The van der Waals surface area contributed by atoms with Crippen molar-refractivity contribution in [1.29, 1.82) is 0 Å². The van der Waals surface area contributed by atoms with E-state index in [4.69, 9.17) is 11.6 Å². The Balaban J connectivity index is 1.73. The molecule has 1 heterocycles. The number of fused-ring (bicyclic) bond motifs is 3. The summed E-state index contributed by atoms with van der Waals surface area (Å²) in [4.78, 5) is 12.9. The lowest BCUT2D eigenvalue weighted by atomic mass is 9.77. The van der Waals surface area contributed by atoms with Crippen molar-refractivity contribution < 1.29 is 4.79 Å². The van der Waals surface area contributed by atoms with Crippen LogP contribution in [0.5, 0.6) is 0 Å². The highest BCUT2D eigenvalue weighted by molar-refractivity contribution is 6.30. The Hall–Kier alpha value is -1.80. The maximum atomic E-state index is 12.9. The highest BCUT2D eigenvalue weighted by Gasteiger charge is 2.42. The summed E-state index contributed by atoms with van der Waals surface area (Å²) in [5, 5.41) is 4.26. The highest BCUT2D eigenvalue weighted by Crippen LogP contribution is 2.49. The molecule has 2 aromatic carbocycles. The van der Waals surface area contributed by atoms with Crippen molar-refractivity contribution in [3.63, 3.8) is 0 Å². The lowest BCUT2D eigenvalue weighted by molar-refractivity contribution is 0.0936. The normalized spacial score (nSPS) is 26.0. The molecule has 0 spiro atoms. The molecule has 0 unspecified atom stereocenters. The summed E-state index contributed by atoms with van der Waals surface area (Å²) in [5.74, 6) is 1.03. The van der Waals surface area contributed by atoms with Gasteiger partial charge in [0.1, 0.15) is 0 Å². The molecule has 0 saturated heterocycles. The van der Waals surface area contributed by atoms with Gasteiger partial charge >= 0.3 is 0 Å². The minimum absolute atomic E-state index is 0.122. The SMILES string of the molecule is O=C(c1ccccc1)[C@H]1Nc2ccc(Cl)cc2[C@H]2CCC[C@@H]12. The molecular weight excluding hydrogens is 294 g/mol. The van der Waals surface area contributed by atoms with E-state index in [1.54, 1.807) is 0 Å². The van der Waals surface area contributed by atoms with Crippen LogP contribution in [-0.2, 0) is 0 Å². The van der Waals surface area contributed by atoms with E-state index in [2.05, 4.69) is 11.4 Å². The molecule has 0 bridgehead atoms. The number of Topliss-reactive ketones (excluding diaryl/α,β-unsaturated/α-hetero) is 1. The van der Waals surface area contributed by atoms with Crippen LogP contribution in [0.4, 0.5) is 5.69 Å². The second kappa shape index (κ2) is 5.44. The van der Waals surface area contributed by atoms with Gasteiger partial charge in [0.05, 0.1) is 6.04 Å². The predicted octanol–water partition coefficient (Wildman–Crippen LogP) is 4.90. The Labute approximate surface area is 135 Å². The summed E-state index contributed by atoms with van der Waals surface area (Å²) in [5.41, 5.74) is 3.15. The average Bonchev–Trinajstić information content (AvgIpc) is 3.04. The van der Waals surface area contributed by atoms with Crippen LogP contribution in [0.3, 0.4) is 0 Å². The van der Waals surface area contributed by atoms with Crippen LogP contribution in [0.2, 0.25) is 5.02 Å². The number of carbonyl (C=O) groups is 1. The van der Waals surface area contributed by atoms with Gasteiger partial charge in [-0.3, -0.25) is 4.79 Å². The van der Waals surface area contributed by atoms with Crippen LogP contribution < -0.4 is 5.32 Å². The van der Waals surface area contributed by atoms with E-state index in [0.717, 1.165) is 29.1 Å². The lowest BCUT2D eigenvalue weighted by Crippen LogP contribution is -2.41. The quantitative estimate of drug-likeness (QED) is 0.799. The van der Waals surface area contributed by atoms with E-state index in [1.807, 2.05) is 42.5 Å². The first kappa shape index (κ1) is 13.8. The molecule has 2 aromatic rings. The number of rotatable bonds is 2. The molecule has 3 heteroatoms. The second-order valence-electron chi connectivity index (χ2n) is 6.29. The van der Waals surface area contributed by atoms with Crippen LogP contribution in [0.1, 0.15) is 41.1 Å². The Morgan fingerprint density at radius 2 is 1.91 bits per heavy atom. The molecule has 1 aliphatic carbocycles. The van der Waals surface area contributed by atoms with E-state index >= 15 is 0 Å². The molecule has 2 nitrogen and oxygen atoms in total. The number of benzene rings is 2. The summed E-state index contributed by atoms with van der Waals surface area (Å²) in [6.45, 7) is 0. The van der Waals surface area contributed by atoms with Gasteiger partial charge in [-0.2, -0.15) is 0 Å². The van der Waals surface area contributed by atoms with Crippen LogP contribution in [-0.4, -0.2) is 11.8 Å². The summed E-state index contributed by atoms with van der Waals surface area (Å²) in [7, 11) is 0. The third-order valence-electron chi connectivity index (χ3n) is 5.06. The maximum Gasteiger partial charge on any atom is 0.185 e. The molecule has 1 N–H and O–H groups in total. The zero-order valence-electron chi connectivity index (χ0n) is 12.3. The minimum Gasteiger partial charge on any atom is -0.374 e. The van der Waals surface area contributed by atoms with Gasteiger partial charge < -0.3 is 5.32 Å². The van der Waals surface area contributed by atoms with Crippen molar-refractivity contribution >= 4 is 23.1 Å². The maximum absolute atomic E-state index is 12.9. The fraction of sp³-hybridized carbons (Fsp3) is 0.316. The number of carbonyl (C=O) groups excluding carboxylic acids is 1. The zero-order valence-corrected chi connectivity index (χ0v) is 13.0. The van der Waals surface area contributed by atoms with Crippen molar-refractivity contribution in [2.75, 3.05) is 5.32 Å². The molecule has 0 aromatic heterocycles. The van der Waals surface area contributed by atoms with Crippen molar-refractivity contribution in [1.82, 2.24) is 0 Å². The summed E-state index contributed by atoms with van der Waals surface area (Å²) < 4.78 is 0. The molecular formula is C19H18ClNO. The van der Waals surface area contributed by atoms with Crippen molar-refractivity contribution in [2.24, 2.45) is 5.92 Å². The number of hydrogen-bond donors (Lipinski definition) is 1. The van der Waals surface area contributed by atoms with E-state index < -0.39 is 0 Å². The topological polar surface area (TPSA) is 29.1 Å². The van der Waals surface area contributed by atoms with E-state index in [1.165, 1.54) is 12.0 Å². The Morgan fingerprint density at radius 1 is 1.09 bits per heavy atom. The first-order valence-corrected chi connectivity index (χ1v) is 8.27. The monoisotopic (exact) mass is 311 g/mol. The predicted molar refractivity (Wildman–Crippen MR) is 89.7 cm³/mol. The van der Waals surface area contributed by atoms with Crippen molar-refractivity contribution in [3.05, 3.63) is 64.7 Å². The first-order valence-electron chi connectivity index (χ1n) is 7.89. The van der Waals surface area contributed by atoms with Gasteiger partial charge in [-0.25, -0.2) is 0 Å². The van der Waals surface area contributed by atoms with Gasteiger partial charge in [0, 0.05) is 16.3 Å². The molecule has 1 fully saturated rings. The second-order valence-corrected chi connectivity index (χ2v) is 6.72. The molecule has 0 amide bonds. The molecule has 2 aliphatic rings. The third-order valence-corrected chi connectivity index (χ3v) is 5.30. The van der Waals surface area contributed by atoms with Gasteiger partial charge in [-0.1, -0.05) is 48.4 Å². The molecule has 0 radical (unpaired) electrons. The van der Waals surface area contributed by atoms with Crippen LogP contribution in [0.25, 0.3) is 0 Å². The summed E-state index contributed by atoms with van der Waals surface area (Å²) >= 11 is 6.17. The molecule has 22 heavy (non-hydrogen) atoms. The smallest absolute Gasteiger partial charge is 0.185 e. The van der Waals surface area contributed by atoms with E-state index in [-0.39, 0.29) is 11.8 Å². The van der Waals surface area contributed by atoms with E-state index in [9.17, 15) is 4.79 Å². The molecule has 4 rings (SSSR count). The van der Waals surface area contributed by atoms with Gasteiger partial charge in [-0.15, -0.1) is 0 Å². The van der Waals surface area contributed by atoms with Gasteiger partial charge in [0.25, 0.3) is 0 Å². The minimum atomic E-state index is -0.122. The Morgan fingerprint density at radius 3 is 2.73 bits per heavy atom. The number of nitrogens with one attached hydrogen (secondary N) is 1. The highest BCUT2D eigenvalue weighted by atomic mass is 35.5. The zero-order chi connectivity index (χ0) is 15.1.